The van der Waals surface area contributed by atoms with Gasteiger partial charge in [-0.2, -0.15) is 0 Å². The molecule has 0 amide bonds. The van der Waals surface area contributed by atoms with Crippen molar-refractivity contribution in [3.8, 4) is 0 Å². The molecular formula is C28H52O8. The number of carbonyl (C=O) groups excluding carboxylic acids is 1. The Morgan fingerprint density at radius 3 is 1.97 bits per heavy atom. The maximum absolute atomic E-state index is 12.7. The lowest BCUT2D eigenvalue weighted by molar-refractivity contribution is -0.320. The van der Waals surface area contributed by atoms with Crippen molar-refractivity contribution in [3.05, 3.63) is 12.7 Å². The molecule has 0 aromatic rings. The van der Waals surface area contributed by atoms with Gasteiger partial charge in [-0.15, -0.1) is 6.58 Å². The molecule has 1 aliphatic heterocycles. The molecule has 6 atom stereocenters. The zero-order valence-corrected chi connectivity index (χ0v) is 23.4. The first-order valence-corrected chi connectivity index (χ1v) is 13.9. The second-order valence-corrected chi connectivity index (χ2v) is 9.48. The van der Waals surface area contributed by atoms with Gasteiger partial charge < -0.3 is 33.5 Å². The average Bonchev–Trinajstić information content (AvgIpc) is 2.88. The lowest BCUT2D eigenvalue weighted by Gasteiger charge is -2.53. The zero-order valence-electron chi connectivity index (χ0n) is 23.4. The van der Waals surface area contributed by atoms with Gasteiger partial charge in [-0.1, -0.05) is 59.5 Å². The first-order valence-electron chi connectivity index (χ1n) is 13.9. The molecule has 1 heterocycles. The Balaban J connectivity index is 3.52. The fraction of sp³-hybridized carbons (Fsp3) is 0.893. The molecule has 1 N–H and O–H groups in total. The van der Waals surface area contributed by atoms with E-state index in [2.05, 4.69) is 34.3 Å². The Kier molecular flexibility index (Phi) is 17.5. The van der Waals surface area contributed by atoms with Crippen molar-refractivity contribution < 1.29 is 38.3 Å². The summed E-state index contributed by atoms with van der Waals surface area (Å²) in [5, 5.41) is 11.3. The van der Waals surface area contributed by atoms with E-state index in [1.807, 2.05) is 0 Å². The summed E-state index contributed by atoms with van der Waals surface area (Å²) in [5.74, 6) is -0.788. The summed E-state index contributed by atoms with van der Waals surface area (Å²) in [6.45, 7) is 14.6. The molecule has 212 valence electrons. The highest BCUT2D eigenvalue weighted by atomic mass is 16.6. The van der Waals surface area contributed by atoms with Crippen LogP contribution in [-0.2, 0) is 33.2 Å². The number of carbonyl (C=O) groups is 1. The Labute approximate surface area is 219 Å². The SMILES string of the molecule is C=CC[C@@]1([C@H](O)C(=O)OC)OC(COCCCC)[C@@H](OCCCC)C(OCCCC)C1OCCCC. The maximum Gasteiger partial charge on any atom is 0.337 e. The third-order valence-electron chi connectivity index (χ3n) is 6.53. The molecule has 0 aliphatic carbocycles. The van der Waals surface area contributed by atoms with Crippen molar-refractivity contribution in [3.63, 3.8) is 0 Å². The van der Waals surface area contributed by atoms with Crippen LogP contribution in [0.3, 0.4) is 0 Å². The first-order chi connectivity index (χ1) is 17.5. The lowest BCUT2D eigenvalue weighted by atomic mass is 9.78. The number of unbranched alkanes of at least 4 members (excludes halogenated alkanes) is 4. The van der Waals surface area contributed by atoms with E-state index in [9.17, 15) is 9.90 Å². The molecule has 1 saturated heterocycles. The summed E-state index contributed by atoms with van der Waals surface area (Å²) in [6.07, 6.45) is 5.23. The number of methoxy groups -OCH3 is 1. The number of aliphatic hydroxyl groups is 1. The van der Waals surface area contributed by atoms with E-state index < -0.39 is 42.1 Å². The summed E-state index contributed by atoms with van der Waals surface area (Å²) in [4.78, 5) is 12.7. The summed E-state index contributed by atoms with van der Waals surface area (Å²) in [7, 11) is 1.25. The van der Waals surface area contributed by atoms with Crippen LogP contribution < -0.4 is 0 Å². The predicted octanol–water partition coefficient (Wildman–Crippen LogP) is 4.61. The summed E-state index contributed by atoms with van der Waals surface area (Å²) >= 11 is 0. The lowest BCUT2D eigenvalue weighted by Crippen LogP contribution is -2.72. The van der Waals surface area contributed by atoms with Crippen molar-refractivity contribution in [2.45, 2.75) is 122 Å². The molecule has 0 spiro atoms. The van der Waals surface area contributed by atoms with E-state index in [0.29, 0.717) is 26.4 Å². The Morgan fingerprint density at radius 1 is 0.917 bits per heavy atom. The Morgan fingerprint density at radius 2 is 1.44 bits per heavy atom. The number of ether oxygens (including phenoxy) is 6. The van der Waals surface area contributed by atoms with Gasteiger partial charge in [-0.3, -0.25) is 0 Å². The summed E-state index contributed by atoms with van der Waals surface area (Å²) < 4.78 is 36.8. The third kappa shape index (κ3) is 9.69. The van der Waals surface area contributed by atoms with Gasteiger partial charge >= 0.3 is 5.97 Å². The topological polar surface area (TPSA) is 92.7 Å². The third-order valence-corrected chi connectivity index (χ3v) is 6.53. The van der Waals surface area contributed by atoms with Crippen LogP contribution in [0.5, 0.6) is 0 Å². The number of aliphatic hydroxyl groups excluding tert-OH is 1. The molecule has 36 heavy (non-hydrogen) atoms. The molecule has 8 nitrogen and oxygen atoms in total. The molecular weight excluding hydrogens is 464 g/mol. The predicted molar refractivity (Wildman–Crippen MR) is 140 cm³/mol. The van der Waals surface area contributed by atoms with Gasteiger partial charge in [0, 0.05) is 26.4 Å². The van der Waals surface area contributed by atoms with Crippen LogP contribution >= 0.6 is 0 Å². The van der Waals surface area contributed by atoms with Crippen LogP contribution in [-0.4, -0.2) is 87.3 Å². The minimum absolute atomic E-state index is 0.167. The van der Waals surface area contributed by atoms with E-state index in [-0.39, 0.29) is 13.0 Å². The molecule has 1 rings (SSSR count). The number of esters is 1. The monoisotopic (exact) mass is 516 g/mol. The van der Waals surface area contributed by atoms with E-state index >= 15 is 0 Å². The Bertz CT molecular complexity index is 586. The molecule has 1 fully saturated rings. The van der Waals surface area contributed by atoms with E-state index in [0.717, 1.165) is 51.4 Å². The van der Waals surface area contributed by atoms with Gasteiger partial charge in [-0.05, 0) is 32.1 Å². The number of hydrogen-bond donors (Lipinski definition) is 1. The second kappa shape index (κ2) is 19.1. The van der Waals surface area contributed by atoms with E-state index in [4.69, 9.17) is 28.4 Å². The van der Waals surface area contributed by atoms with Crippen LogP contribution in [0.2, 0.25) is 0 Å². The molecule has 0 aromatic carbocycles. The highest BCUT2D eigenvalue weighted by molar-refractivity contribution is 5.76. The molecule has 0 aromatic heterocycles. The van der Waals surface area contributed by atoms with E-state index in [1.165, 1.54) is 7.11 Å². The molecule has 3 unspecified atom stereocenters. The van der Waals surface area contributed by atoms with Gasteiger partial charge in [0.15, 0.2) is 6.10 Å². The van der Waals surface area contributed by atoms with Crippen LogP contribution in [0.25, 0.3) is 0 Å². The molecule has 0 bridgehead atoms. The standard InChI is InChI=1S/C28H52O8/c1-7-12-17-32-21-22-23(33-18-13-8-2)24(34-19-14-9-3)26(35-20-15-10-4)28(36-22,16-11-5)25(29)27(30)31-6/h11,22-26,29H,5,7-10,12-21H2,1-4,6H3/t22?,23-,24?,25-,26?,28+/m1/s1. The zero-order chi connectivity index (χ0) is 26.8. The van der Waals surface area contributed by atoms with Crippen molar-refractivity contribution >= 4 is 5.97 Å². The van der Waals surface area contributed by atoms with Gasteiger partial charge in [0.1, 0.15) is 30.0 Å². The van der Waals surface area contributed by atoms with Crippen LogP contribution in [0.15, 0.2) is 12.7 Å². The fourth-order valence-corrected chi connectivity index (χ4v) is 4.39. The average molecular weight is 517 g/mol. The smallest absolute Gasteiger partial charge is 0.337 e. The van der Waals surface area contributed by atoms with Crippen molar-refractivity contribution in [2.75, 3.05) is 40.1 Å². The Hall–Kier alpha value is -1.03. The molecule has 0 radical (unpaired) electrons. The second-order valence-electron chi connectivity index (χ2n) is 9.48. The molecule has 8 heteroatoms. The molecule has 1 aliphatic rings. The fourth-order valence-electron chi connectivity index (χ4n) is 4.39. The van der Waals surface area contributed by atoms with Gasteiger partial charge in [0.2, 0.25) is 0 Å². The highest BCUT2D eigenvalue weighted by Gasteiger charge is 2.61. The minimum Gasteiger partial charge on any atom is -0.467 e. The van der Waals surface area contributed by atoms with Crippen LogP contribution in [0, 0.1) is 0 Å². The summed E-state index contributed by atoms with van der Waals surface area (Å²) in [5.41, 5.74) is -1.46. The largest absolute Gasteiger partial charge is 0.467 e. The maximum atomic E-state index is 12.7. The highest BCUT2D eigenvalue weighted by Crippen LogP contribution is 2.41. The van der Waals surface area contributed by atoms with Gasteiger partial charge in [0.05, 0.1) is 13.7 Å². The van der Waals surface area contributed by atoms with Crippen molar-refractivity contribution in [1.29, 1.82) is 0 Å². The van der Waals surface area contributed by atoms with Crippen molar-refractivity contribution in [2.24, 2.45) is 0 Å². The van der Waals surface area contributed by atoms with Crippen molar-refractivity contribution in [1.82, 2.24) is 0 Å². The quantitative estimate of drug-likeness (QED) is 0.134. The first kappa shape index (κ1) is 33.0. The molecule has 0 saturated carbocycles. The normalized spacial score (nSPS) is 27.1. The van der Waals surface area contributed by atoms with E-state index in [1.54, 1.807) is 6.08 Å². The van der Waals surface area contributed by atoms with Crippen LogP contribution in [0.4, 0.5) is 0 Å². The van der Waals surface area contributed by atoms with Crippen LogP contribution in [0.1, 0.15) is 85.5 Å². The van der Waals surface area contributed by atoms with Gasteiger partial charge in [-0.25, -0.2) is 4.79 Å². The number of rotatable bonds is 21. The number of hydrogen-bond acceptors (Lipinski definition) is 8. The minimum atomic E-state index is -1.60. The summed E-state index contributed by atoms with van der Waals surface area (Å²) in [6, 6.07) is 0. The van der Waals surface area contributed by atoms with Gasteiger partial charge in [0.25, 0.3) is 0 Å².